The Hall–Kier alpha value is -4.33. The molecular weight excluding hydrogens is 474 g/mol. The highest BCUT2D eigenvalue weighted by Crippen LogP contribution is 2.41. The number of nitrogens with one attached hydrogen (secondary N) is 1. The smallest absolute Gasteiger partial charge is 0.165 e. The minimum Gasteiger partial charge on any atom is -0.396 e. The lowest BCUT2D eigenvalue weighted by atomic mass is 9.80. The van der Waals surface area contributed by atoms with E-state index in [9.17, 15) is 5.11 Å². The van der Waals surface area contributed by atoms with E-state index in [1.165, 1.54) is 6.33 Å². The van der Waals surface area contributed by atoms with Gasteiger partial charge in [-0.05, 0) is 23.1 Å². The first-order chi connectivity index (χ1) is 18.8. The van der Waals surface area contributed by atoms with Gasteiger partial charge in [-0.2, -0.15) is 0 Å². The van der Waals surface area contributed by atoms with Gasteiger partial charge in [0.05, 0.1) is 19.0 Å². The molecule has 0 saturated carbocycles. The van der Waals surface area contributed by atoms with E-state index in [0.717, 1.165) is 16.7 Å². The molecule has 1 atom stereocenters. The summed E-state index contributed by atoms with van der Waals surface area (Å²) in [5.41, 5.74) is 3.55. The Balaban J connectivity index is 1.58. The Bertz CT molecular complexity index is 1360. The van der Waals surface area contributed by atoms with E-state index < -0.39 is 5.60 Å². The van der Waals surface area contributed by atoms with Crippen molar-refractivity contribution in [2.45, 2.75) is 18.1 Å². The quantitative estimate of drug-likeness (QED) is 0.176. The summed E-state index contributed by atoms with van der Waals surface area (Å²) in [4.78, 5) is 13.5. The molecule has 0 aliphatic carbocycles. The molecule has 7 nitrogen and oxygen atoms in total. The van der Waals surface area contributed by atoms with Crippen LogP contribution in [-0.2, 0) is 10.3 Å². The van der Waals surface area contributed by atoms with Crippen LogP contribution in [0.3, 0.4) is 0 Å². The number of aromatic nitrogens is 4. The fraction of sp³-hybridized carbons (Fsp3) is 0.194. The summed E-state index contributed by atoms with van der Waals surface area (Å²) in [7, 11) is 0. The molecule has 0 bridgehead atoms. The van der Waals surface area contributed by atoms with Gasteiger partial charge in [-0.3, -0.25) is 0 Å². The highest BCUT2D eigenvalue weighted by Gasteiger charge is 2.38. The number of benzene rings is 3. The first-order valence-corrected chi connectivity index (χ1v) is 12.7. The Morgan fingerprint density at radius 1 is 0.868 bits per heavy atom. The molecular formula is C31H31N5O2. The number of imidazole rings is 1. The molecule has 7 heteroatoms. The van der Waals surface area contributed by atoms with E-state index in [1.54, 1.807) is 12.4 Å². The van der Waals surface area contributed by atoms with Gasteiger partial charge in [-0.1, -0.05) is 97.1 Å². The van der Waals surface area contributed by atoms with Crippen molar-refractivity contribution < 1.29 is 9.84 Å². The van der Waals surface area contributed by atoms with Gasteiger partial charge in [-0.15, -0.1) is 6.58 Å². The van der Waals surface area contributed by atoms with E-state index in [-0.39, 0.29) is 12.6 Å². The monoisotopic (exact) mass is 505 g/mol. The van der Waals surface area contributed by atoms with E-state index in [2.05, 4.69) is 63.2 Å². The van der Waals surface area contributed by atoms with Crippen molar-refractivity contribution in [1.82, 2.24) is 19.5 Å². The number of nitrogens with zero attached hydrogens (tertiary/aromatic N) is 4. The van der Waals surface area contributed by atoms with Crippen LogP contribution in [0.2, 0.25) is 0 Å². The number of hydrogen-bond acceptors (Lipinski definition) is 6. The number of aliphatic hydroxyl groups is 1. The van der Waals surface area contributed by atoms with E-state index in [4.69, 9.17) is 4.74 Å². The molecule has 2 heterocycles. The molecule has 0 radical (unpaired) electrons. The normalized spacial score (nSPS) is 12.3. The maximum Gasteiger partial charge on any atom is 0.165 e. The summed E-state index contributed by atoms with van der Waals surface area (Å²) in [6.07, 6.45) is 5.51. The first kappa shape index (κ1) is 25.3. The van der Waals surface area contributed by atoms with Crippen molar-refractivity contribution in [1.29, 1.82) is 0 Å². The van der Waals surface area contributed by atoms with E-state index in [0.29, 0.717) is 36.6 Å². The fourth-order valence-corrected chi connectivity index (χ4v) is 4.86. The number of anilines is 1. The zero-order valence-electron chi connectivity index (χ0n) is 21.1. The maximum atomic E-state index is 10.0. The van der Waals surface area contributed by atoms with Crippen molar-refractivity contribution in [3.8, 4) is 0 Å². The number of fused-ring (bicyclic) bond motifs is 1. The van der Waals surface area contributed by atoms with Gasteiger partial charge < -0.3 is 19.7 Å². The van der Waals surface area contributed by atoms with Gasteiger partial charge in [0.1, 0.15) is 17.4 Å². The third-order valence-corrected chi connectivity index (χ3v) is 6.66. The second-order valence-corrected chi connectivity index (χ2v) is 8.97. The predicted molar refractivity (Wildman–Crippen MR) is 150 cm³/mol. The fourth-order valence-electron chi connectivity index (χ4n) is 4.86. The largest absolute Gasteiger partial charge is 0.396 e. The van der Waals surface area contributed by atoms with E-state index in [1.807, 2.05) is 59.2 Å². The average Bonchev–Trinajstić information content (AvgIpc) is 3.42. The summed E-state index contributed by atoms with van der Waals surface area (Å²) in [6, 6.07) is 30.6. The standard InChI is InChI=1S/C31H31N5O2/c1-2-19-32-29-28-30(34-22-33-29)36(23-35-28)27(18-20-37)21-38-31(24-12-6-3-7-13-24,25-14-8-4-9-15-25)26-16-10-5-11-17-26/h2-17,22-23,27,37H,1,18-21H2,(H,32,33,34). The molecule has 0 saturated heterocycles. The van der Waals surface area contributed by atoms with Crippen LogP contribution in [0.4, 0.5) is 5.82 Å². The molecule has 1 unspecified atom stereocenters. The molecule has 0 spiro atoms. The molecule has 0 aliphatic heterocycles. The van der Waals surface area contributed by atoms with Crippen LogP contribution in [0.15, 0.2) is 116 Å². The number of rotatable bonds is 12. The van der Waals surface area contributed by atoms with Gasteiger partial charge in [0.25, 0.3) is 0 Å². The zero-order valence-corrected chi connectivity index (χ0v) is 21.1. The summed E-state index contributed by atoms with van der Waals surface area (Å²) >= 11 is 0. The van der Waals surface area contributed by atoms with Gasteiger partial charge in [-0.25, -0.2) is 15.0 Å². The molecule has 192 valence electrons. The molecule has 2 N–H and O–H groups in total. The lowest BCUT2D eigenvalue weighted by Crippen LogP contribution is -2.35. The van der Waals surface area contributed by atoms with Crippen LogP contribution in [0.25, 0.3) is 11.2 Å². The van der Waals surface area contributed by atoms with Crippen molar-refractivity contribution >= 4 is 17.0 Å². The van der Waals surface area contributed by atoms with Gasteiger partial charge in [0.15, 0.2) is 11.5 Å². The average molecular weight is 506 g/mol. The number of ether oxygens (including phenoxy) is 1. The lowest BCUT2D eigenvalue weighted by molar-refractivity contribution is -0.00889. The zero-order chi connectivity index (χ0) is 26.2. The summed E-state index contributed by atoms with van der Waals surface area (Å²) < 4.78 is 9.01. The molecule has 3 aromatic carbocycles. The molecule has 5 aromatic rings. The van der Waals surface area contributed by atoms with Crippen LogP contribution in [0, 0.1) is 0 Å². The molecule has 38 heavy (non-hydrogen) atoms. The minimum atomic E-state index is -0.862. The molecule has 0 amide bonds. The second kappa shape index (κ2) is 11.8. The maximum absolute atomic E-state index is 10.0. The highest BCUT2D eigenvalue weighted by atomic mass is 16.5. The summed E-state index contributed by atoms with van der Waals surface area (Å²) in [5.74, 6) is 0.643. The van der Waals surface area contributed by atoms with Crippen LogP contribution in [0.1, 0.15) is 29.2 Å². The third kappa shape index (κ3) is 4.94. The number of hydrogen-bond donors (Lipinski definition) is 2. The summed E-state index contributed by atoms with van der Waals surface area (Å²) in [6.45, 7) is 4.63. The van der Waals surface area contributed by atoms with Gasteiger partial charge in [0.2, 0.25) is 0 Å². The molecule has 0 fully saturated rings. The van der Waals surface area contributed by atoms with Crippen LogP contribution >= 0.6 is 0 Å². The van der Waals surface area contributed by atoms with Crippen molar-refractivity contribution in [3.05, 3.63) is 133 Å². The van der Waals surface area contributed by atoms with Crippen molar-refractivity contribution in [3.63, 3.8) is 0 Å². The minimum absolute atomic E-state index is 0.00460. The Morgan fingerprint density at radius 3 is 1.97 bits per heavy atom. The SMILES string of the molecule is C=CCNc1ncnc2c1ncn2C(CCO)COC(c1ccccc1)(c1ccccc1)c1ccccc1. The predicted octanol–water partition coefficient (Wildman–Crippen LogP) is 5.36. The molecule has 2 aromatic heterocycles. The Labute approximate surface area is 222 Å². The highest BCUT2D eigenvalue weighted by molar-refractivity contribution is 5.82. The topological polar surface area (TPSA) is 85.1 Å². The van der Waals surface area contributed by atoms with Gasteiger partial charge >= 0.3 is 0 Å². The van der Waals surface area contributed by atoms with Gasteiger partial charge in [0, 0.05) is 13.2 Å². The Kier molecular flexibility index (Phi) is 7.87. The summed E-state index contributed by atoms with van der Waals surface area (Å²) in [5, 5.41) is 13.2. The first-order valence-electron chi connectivity index (χ1n) is 12.7. The molecule has 0 aliphatic rings. The van der Waals surface area contributed by atoms with Crippen molar-refractivity contribution in [2.24, 2.45) is 0 Å². The van der Waals surface area contributed by atoms with Crippen LogP contribution in [0.5, 0.6) is 0 Å². The third-order valence-electron chi connectivity index (χ3n) is 6.66. The van der Waals surface area contributed by atoms with Crippen LogP contribution < -0.4 is 5.32 Å². The molecule has 5 rings (SSSR count). The lowest BCUT2D eigenvalue weighted by Gasteiger charge is -2.37. The second-order valence-electron chi connectivity index (χ2n) is 8.97. The Morgan fingerprint density at radius 2 is 1.45 bits per heavy atom. The van der Waals surface area contributed by atoms with E-state index >= 15 is 0 Å². The van der Waals surface area contributed by atoms with Crippen LogP contribution in [-0.4, -0.2) is 44.4 Å². The van der Waals surface area contributed by atoms with Crippen molar-refractivity contribution in [2.75, 3.05) is 25.1 Å². The number of aliphatic hydroxyl groups excluding tert-OH is 1.